The quantitative estimate of drug-likeness (QED) is 0.858. The molecule has 2 aliphatic heterocycles. The third-order valence-electron chi connectivity index (χ3n) is 5.81. The van der Waals surface area contributed by atoms with Gasteiger partial charge in [-0.1, -0.05) is 0 Å². The molecule has 2 saturated heterocycles. The highest BCUT2D eigenvalue weighted by atomic mass is 16.3. The van der Waals surface area contributed by atoms with Gasteiger partial charge in [-0.2, -0.15) is 0 Å². The fourth-order valence-corrected chi connectivity index (χ4v) is 4.28. The Balaban J connectivity index is 1.43. The van der Waals surface area contributed by atoms with Crippen LogP contribution in [-0.2, 0) is 11.3 Å². The summed E-state index contributed by atoms with van der Waals surface area (Å²) in [4.78, 5) is 17.2. The summed E-state index contributed by atoms with van der Waals surface area (Å²) in [5.74, 6) is 1.21. The van der Waals surface area contributed by atoms with E-state index in [4.69, 9.17) is 4.42 Å². The Labute approximate surface area is 132 Å². The molecular weight excluding hydrogens is 276 g/mol. The number of hydrogen-bond acceptors (Lipinski definition) is 3. The second-order valence-electron chi connectivity index (χ2n) is 7.43. The number of amides is 1. The SMILES string of the molecule is O=C1CC[C@]2(CCCN(Cc3ccoc3)CC2)N1CC1CC1. The van der Waals surface area contributed by atoms with Crippen LogP contribution >= 0.6 is 0 Å². The Morgan fingerprint density at radius 1 is 1.23 bits per heavy atom. The Kier molecular flexibility index (Phi) is 3.73. The first-order valence-corrected chi connectivity index (χ1v) is 8.79. The van der Waals surface area contributed by atoms with Gasteiger partial charge in [-0.25, -0.2) is 0 Å². The van der Waals surface area contributed by atoms with Crippen LogP contribution in [0, 0.1) is 5.92 Å². The first-order valence-electron chi connectivity index (χ1n) is 8.79. The molecule has 1 amide bonds. The summed E-state index contributed by atoms with van der Waals surface area (Å²) in [5.41, 5.74) is 1.43. The van der Waals surface area contributed by atoms with Gasteiger partial charge < -0.3 is 9.32 Å². The van der Waals surface area contributed by atoms with E-state index in [1.165, 1.54) is 31.2 Å². The van der Waals surface area contributed by atoms with Gasteiger partial charge in [-0.3, -0.25) is 9.69 Å². The lowest BCUT2D eigenvalue weighted by atomic mass is 9.87. The molecule has 4 nitrogen and oxygen atoms in total. The lowest BCUT2D eigenvalue weighted by Crippen LogP contribution is -2.47. The van der Waals surface area contributed by atoms with Crippen molar-refractivity contribution in [3.05, 3.63) is 24.2 Å². The van der Waals surface area contributed by atoms with Gasteiger partial charge in [-0.15, -0.1) is 0 Å². The van der Waals surface area contributed by atoms with Gasteiger partial charge in [0.25, 0.3) is 0 Å². The molecule has 22 heavy (non-hydrogen) atoms. The van der Waals surface area contributed by atoms with Crippen LogP contribution in [0.4, 0.5) is 0 Å². The van der Waals surface area contributed by atoms with Crippen molar-refractivity contribution in [2.45, 2.75) is 57.0 Å². The van der Waals surface area contributed by atoms with Crippen molar-refractivity contribution in [2.24, 2.45) is 5.92 Å². The van der Waals surface area contributed by atoms with Crippen LogP contribution in [0.3, 0.4) is 0 Å². The van der Waals surface area contributed by atoms with Crippen LogP contribution < -0.4 is 0 Å². The molecule has 3 fully saturated rings. The Bertz CT molecular complexity index is 523. The van der Waals surface area contributed by atoms with Crippen molar-refractivity contribution in [1.82, 2.24) is 9.80 Å². The summed E-state index contributed by atoms with van der Waals surface area (Å²) in [7, 11) is 0. The van der Waals surface area contributed by atoms with Crippen molar-refractivity contribution in [3.8, 4) is 0 Å². The Morgan fingerprint density at radius 2 is 2.14 bits per heavy atom. The zero-order valence-electron chi connectivity index (χ0n) is 13.3. The molecule has 1 aromatic rings. The maximum atomic E-state index is 12.4. The van der Waals surface area contributed by atoms with Crippen LogP contribution in [-0.4, -0.2) is 40.9 Å². The smallest absolute Gasteiger partial charge is 0.223 e. The van der Waals surface area contributed by atoms with E-state index in [0.717, 1.165) is 51.4 Å². The van der Waals surface area contributed by atoms with Gasteiger partial charge >= 0.3 is 0 Å². The van der Waals surface area contributed by atoms with Crippen LogP contribution in [0.1, 0.15) is 50.5 Å². The summed E-state index contributed by atoms with van der Waals surface area (Å²) in [6.07, 6.45) is 11.6. The standard InChI is InChI=1S/C18H26N2O2/c21-17-4-7-18(20(17)13-15-2-3-15)6-1-9-19(10-8-18)12-16-5-11-22-14-16/h5,11,14-15H,1-4,6-10,12-13H2/t18-/m0/s1. The summed E-state index contributed by atoms with van der Waals surface area (Å²) in [6.45, 7) is 4.24. The minimum atomic E-state index is 0.171. The van der Waals surface area contributed by atoms with Gasteiger partial charge in [0.1, 0.15) is 0 Å². The van der Waals surface area contributed by atoms with Gasteiger partial charge in [0.15, 0.2) is 0 Å². The van der Waals surface area contributed by atoms with E-state index in [2.05, 4.69) is 15.9 Å². The summed E-state index contributed by atoms with van der Waals surface area (Å²) in [5, 5.41) is 0. The molecule has 1 aliphatic carbocycles. The van der Waals surface area contributed by atoms with Crippen molar-refractivity contribution in [2.75, 3.05) is 19.6 Å². The number of rotatable bonds is 4. The highest BCUT2D eigenvalue weighted by Gasteiger charge is 2.47. The second-order valence-corrected chi connectivity index (χ2v) is 7.43. The molecular formula is C18H26N2O2. The van der Waals surface area contributed by atoms with E-state index in [-0.39, 0.29) is 5.54 Å². The minimum absolute atomic E-state index is 0.171. The summed E-state index contributed by atoms with van der Waals surface area (Å²) in [6, 6.07) is 2.05. The molecule has 3 heterocycles. The number of carbonyl (C=O) groups excluding carboxylic acids is 1. The van der Waals surface area contributed by atoms with Gasteiger partial charge in [0.2, 0.25) is 5.91 Å². The lowest BCUT2D eigenvalue weighted by molar-refractivity contribution is -0.131. The molecule has 1 spiro atoms. The van der Waals surface area contributed by atoms with Gasteiger partial charge in [0, 0.05) is 37.2 Å². The highest BCUT2D eigenvalue weighted by Crippen LogP contribution is 2.42. The first kappa shape index (κ1) is 14.3. The molecule has 4 heteroatoms. The molecule has 1 aromatic heterocycles. The van der Waals surface area contributed by atoms with E-state index in [9.17, 15) is 4.79 Å². The lowest BCUT2D eigenvalue weighted by Gasteiger charge is -2.38. The van der Waals surface area contributed by atoms with E-state index in [1.807, 2.05) is 6.26 Å². The maximum Gasteiger partial charge on any atom is 0.223 e. The van der Waals surface area contributed by atoms with E-state index in [1.54, 1.807) is 6.26 Å². The average Bonchev–Trinajstić information content (AvgIpc) is 3.16. The predicted octanol–water partition coefficient (Wildman–Crippen LogP) is 3.04. The number of hydrogen-bond donors (Lipinski definition) is 0. The van der Waals surface area contributed by atoms with Crippen molar-refractivity contribution >= 4 is 5.91 Å². The molecule has 4 rings (SSSR count). The Hall–Kier alpha value is -1.29. The zero-order valence-corrected chi connectivity index (χ0v) is 13.3. The third kappa shape index (κ3) is 2.81. The number of furan rings is 1. The third-order valence-corrected chi connectivity index (χ3v) is 5.81. The number of carbonyl (C=O) groups is 1. The highest BCUT2D eigenvalue weighted by molar-refractivity contribution is 5.79. The van der Waals surface area contributed by atoms with Crippen molar-refractivity contribution < 1.29 is 9.21 Å². The average molecular weight is 302 g/mol. The molecule has 0 unspecified atom stereocenters. The molecule has 0 aromatic carbocycles. The predicted molar refractivity (Wildman–Crippen MR) is 84.2 cm³/mol. The first-order chi connectivity index (χ1) is 10.8. The Morgan fingerprint density at radius 3 is 2.91 bits per heavy atom. The molecule has 1 saturated carbocycles. The van der Waals surface area contributed by atoms with Crippen LogP contribution in [0.5, 0.6) is 0 Å². The zero-order chi connectivity index (χ0) is 15.0. The number of nitrogens with zero attached hydrogens (tertiary/aromatic N) is 2. The van der Waals surface area contributed by atoms with E-state index in [0.29, 0.717) is 5.91 Å². The van der Waals surface area contributed by atoms with Crippen molar-refractivity contribution in [3.63, 3.8) is 0 Å². The largest absolute Gasteiger partial charge is 0.472 e. The van der Waals surface area contributed by atoms with Gasteiger partial charge in [-0.05, 0) is 57.1 Å². The topological polar surface area (TPSA) is 36.7 Å². The monoisotopic (exact) mass is 302 g/mol. The van der Waals surface area contributed by atoms with Crippen LogP contribution in [0.2, 0.25) is 0 Å². The molecule has 120 valence electrons. The van der Waals surface area contributed by atoms with Gasteiger partial charge in [0.05, 0.1) is 12.5 Å². The van der Waals surface area contributed by atoms with Crippen LogP contribution in [0.25, 0.3) is 0 Å². The minimum Gasteiger partial charge on any atom is -0.472 e. The summed E-state index contributed by atoms with van der Waals surface area (Å²) >= 11 is 0. The van der Waals surface area contributed by atoms with Crippen molar-refractivity contribution in [1.29, 1.82) is 0 Å². The molecule has 0 radical (unpaired) electrons. The van der Waals surface area contributed by atoms with E-state index >= 15 is 0 Å². The maximum absolute atomic E-state index is 12.4. The van der Waals surface area contributed by atoms with E-state index < -0.39 is 0 Å². The molecule has 0 N–H and O–H groups in total. The molecule has 1 atom stereocenters. The summed E-state index contributed by atoms with van der Waals surface area (Å²) < 4.78 is 5.18. The molecule has 3 aliphatic rings. The second kappa shape index (κ2) is 5.73. The number of likely N-dealkylation sites (tertiary alicyclic amines) is 2. The fourth-order valence-electron chi connectivity index (χ4n) is 4.28. The molecule has 0 bridgehead atoms. The van der Waals surface area contributed by atoms with Crippen LogP contribution in [0.15, 0.2) is 23.0 Å². The fraction of sp³-hybridized carbons (Fsp3) is 0.722. The normalized spacial score (nSPS) is 30.2.